The van der Waals surface area contributed by atoms with E-state index < -0.39 is 63.9 Å². The molecule has 2 aliphatic carbocycles. The molecule has 2 aliphatic heterocycles. The minimum atomic E-state index is -1.71. The summed E-state index contributed by atoms with van der Waals surface area (Å²) < 4.78 is 12.3. The highest BCUT2D eigenvalue weighted by Crippen LogP contribution is 2.50. The molecule has 262 valence electrons. The van der Waals surface area contributed by atoms with Gasteiger partial charge in [-0.15, -0.1) is 11.6 Å². The summed E-state index contributed by atoms with van der Waals surface area (Å²) in [6, 6.07) is 11.7. The van der Waals surface area contributed by atoms with E-state index in [1.54, 1.807) is 13.8 Å². The van der Waals surface area contributed by atoms with Crippen molar-refractivity contribution in [2.45, 2.75) is 115 Å². The summed E-state index contributed by atoms with van der Waals surface area (Å²) in [5.74, 6) is -1.68. The van der Waals surface area contributed by atoms with Gasteiger partial charge in [-0.05, 0) is 76.5 Å². The molecule has 4 fully saturated rings. The van der Waals surface area contributed by atoms with Gasteiger partial charge >= 0.3 is 6.03 Å². The number of ether oxygens (including phenoxy) is 2. The normalized spacial score (nSPS) is 29.3. The molecule has 6 atom stereocenters. The number of hydrogen-bond donors (Lipinski definition) is 2. The van der Waals surface area contributed by atoms with E-state index in [2.05, 4.69) is 10.6 Å². The first-order chi connectivity index (χ1) is 23.3. The molecule has 0 bridgehead atoms. The largest absolute Gasteiger partial charge is 0.475 e. The Kier molecular flexibility index (Phi) is 9.30. The van der Waals surface area contributed by atoms with Gasteiger partial charge in [-0.3, -0.25) is 24.1 Å². The predicted octanol–water partition coefficient (Wildman–Crippen LogP) is 4.54. The maximum absolute atomic E-state index is 14.3. The molecule has 11 nitrogen and oxygen atoms in total. The Labute approximate surface area is 292 Å². The van der Waals surface area contributed by atoms with Crippen LogP contribution in [0.2, 0.25) is 0 Å². The summed E-state index contributed by atoms with van der Waals surface area (Å²) in [6.45, 7) is 9.46. The number of carbonyl (C=O) groups excluding carboxylic acids is 5. The number of aryl methyl sites for hydroxylation is 2. The fraction of sp³-hybridized carbons (Fsp3) is 0.541. The van der Waals surface area contributed by atoms with Crippen LogP contribution in [0.4, 0.5) is 4.79 Å². The zero-order valence-electron chi connectivity index (χ0n) is 28.7. The third-order valence-corrected chi connectivity index (χ3v) is 11.4. The Morgan fingerprint density at radius 1 is 1.06 bits per heavy atom. The van der Waals surface area contributed by atoms with Gasteiger partial charge in [0.1, 0.15) is 5.75 Å². The molecule has 49 heavy (non-hydrogen) atoms. The Morgan fingerprint density at radius 2 is 1.78 bits per heavy atom. The Bertz CT molecular complexity index is 1660. The van der Waals surface area contributed by atoms with Crippen LogP contribution in [0.15, 0.2) is 48.5 Å². The number of nitrogens with zero attached hydrogens (tertiary/aromatic N) is 2. The molecule has 12 heteroatoms. The SMILES string of the molecule is CCOC1C(=O)N(C(C(=O)NC2CC3(CCC2Cl)NC(=O)C3(CC)Oc2ccc(C)cc2C)C(=O)C2(C)CC2)C(=O)N1Cc1ccccc1. The molecular formula is C37H45ClN4O7. The molecule has 5 amide bonds. The van der Waals surface area contributed by atoms with Gasteiger partial charge in [-0.25, -0.2) is 9.69 Å². The second-order valence-corrected chi connectivity index (χ2v) is 14.8. The molecule has 0 aromatic heterocycles. The lowest BCUT2D eigenvalue weighted by Gasteiger charge is -2.60. The van der Waals surface area contributed by atoms with Gasteiger partial charge in [0.2, 0.25) is 11.8 Å². The van der Waals surface area contributed by atoms with Crippen molar-refractivity contribution in [2.75, 3.05) is 6.61 Å². The lowest BCUT2D eigenvalue weighted by molar-refractivity contribution is -0.176. The summed E-state index contributed by atoms with van der Waals surface area (Å²) in [5.41, 5.74) is -0.146. The number of urea groups is 1. The number of nitrogens with one attached hydrogen (secondary N) is 2. The van der Waals surface area contributed by atoms with Crippen LogP contribution in [-0.4, -0.2) is 80.8 Å². The van der Waals surface area contributed by atoms with E-state index >= 15 is 0 Å². The van der Waals surface area contributed by atoms with Gasteiger partial charge in [0.25, 0.3) is 17.7 Å². The lowest BCUT2D eigenvalue weighted by atomic mass is 9.61. The Balaban J connectivity index is 1.28. The van der Waals surface area contributed by atoms with Gasteiger partial charge in [0.05, 0.1) is 17.5 Å². The van der Waals surface area contributed by atoms with E-state index in [1.165, 1.54) is 4.90 Å². The maximum atomic E-state index is 14.3. The van der Waals surface area contributed by atoms with Crippen molar-refractivity contribution >= 4 is 41.1 Å². The van der Waals surface area contributed by atoms with E-state index in [4.69, 9.17) is 21.1 Å². The average molecular weight is 693 g/mol. The van der Waals surface area contributed by atoms with Crippen LogP contribution in [0.3, 0.4) is 0 Å². The maximum Gasteiger partial charge on any atom is 0.330 e. The molecule has 2 saturated heterocycles. The fourth-order valence-electron chi connectivity index (χ4n) is 7.66. The Hall–Kier alpha value is -3.96. The van der Waals surface area contributed by atoms with Crippen molar-refractivity contribution < 1.29 is 33.4 Å². The van der Waals surface area contributed by atoms with E-state index in [-0.39, 0.29) is 25.5 Å². The van der Waals surface area contributed by atoms with Gasteiger partial charge < -0.3 is 20.1 Å². The van der Waals surface area contributed by atoms with Gasteiger partial charge in [0.15, 0.2) is 11.8 Å². The number of amides is 5. The third kappa shape index (κ3) is 5.98. The lowest BCUT2D eigenvalue weighted by Crippen LogP contribution is -2.85. The second kappa shape index (κ2) is 13.1. The van der Waals surface area contributed by atoms with Crippen LogP contribution < -0.4 is 15.4 Å². The van der Waals surface area contributed by atoms with Crippen molar-refractivity contribution in [3.8, 4) is 5.75 Å². The van der Waals surface area contributed by atoms with Crippen molar-refractivity contribution in [2.24, 2.45) is 5.41 Å². The average Bonchev–Trinajstić information content (AvgIpc) is 3.79. The molecule has 2 heterocycles. The smallest absolute Gasteiger partial charge is 0.330 e. The number of β-lactam (4-membered cyclic amide) rings is 1. The number of ketones is 1. The summed E-state index contributed by atoms with van der Waals surface area (Å²) >= 11 is 6.86. The van der Waals surface area contributed by atoms with E-state index in [0.29, 0.717) is 37.9 Å². The van der Waals surface area contributed by atoms with Crippen molar-refractivity contribution in [1.29, 1.82) is 0 Å². The number of hydrogen-bond acceptors (Lipinski definition) is 7. The number of rotatable bonds is 12. The first-order valence-electron chi connectivity index (χ1n) is 17.2. The number of benzene rings is 2. The van der Waals surface area contributed by atoms with Crippen LogP contribution in [-0.2, 0) is 30.5 Å². The monoisotopic (exact) mass is 692 g/mol. The molecule has 0 radical (unpaired) electrons. The highest BCUT2D eigenvalue weighted by molar-refractivity contribution is 6.22. The van der Waals surface area contributed by atoms with E-state index in [1.807, 2.05) is 69.3 Å². The number of Topliss-reactive ketones (excluding diaryl/α,β-unsaturated/α-hetero) is 1. The van der Waals surface area contributed by atoms with Crippen LogP contribution >= 0.6 is 11.6 Å². The van der Waals surface area contributed by atoms with Crippen LogP contribution in [0, 0.1) is 19.3 Å². The standard InChI is InChI=1S/C37H45ClN4O7/c1-6-37(49-27-14-13-22(3)19-23(27)4)33(46)40-36(37)16-15-25(38)26(20-36)39-30(44)28(29(43)35(5)17-18-35)42-31(45)32(48-7-2)41(34(42)47)21-24-11-9-8-10-12-24/h8-14,19,25-26,28,32H,6-7,15-18,20-21H2,1-5H3,(H,39,44)(H,40,46). The van der Waals surface area contributed by atoms with Gasteiger partial charge in [0, 0.05) is 18.1 Å². The second-order valence-electron chi connectivity index (χ2n) is 14.2. The zero-order valence-corrected chi connectivity index (χ0v) is 29.5. The third-order valence-electron chi connectivity index (χ3n) is 10.8. The van der Waals surface area contributed by atoms with Crippen LogP contribution in [0.25, 0.3) is 0 Å². The highest BCUT2D eigenvalue weighted by atomic mass is 35.5. The number of carbonyl (C=O) groups is 5. The zero-order chi connectivity index (χ0) is 35.3. The molecule has 4 aliphatic rings. The quantitative estimate of drug-likeness (QED) is 0.144. The number of alkyl halides is 1. The molecular weight excluding hydrogens is 648 g/mol. The molecule has 6 rings (SSSR count). The molecule has 2 saturated carbocycles. The highest BCUT2D eigenvalue weighted by Gasteiger charge is 2.69. The molecule has 2 aromatic carbocycles. The minimum absolute atomic E-state index is 0.0561. The number of imide groups is 1. The molecule has 2 N–H and O–H groups in total. The van der Waals surface area contributed by atoms with Crippen molar-refractivity contribution in [1.82, 2.24) is 20.4 Å². The molecule has 2 aromatic rings. The van der Waals surface area contributed by atoms with Crippen LogP contribution in [0.5, 0.6) is 5.75 Å². The topological polar surface area (TPSA) is 134 Å². The summed E-state index contributed by atoms with van der Waals surface area (Å²) in [6.07, 6.45) is 1.38. The summed E-state index contributed by atoms with van der Waals surface area (Å²) in [5, 5.41) is 5.52. The van der Waals surface area contributed by atoms with Crippen LogP contribution in [0.1, 0.15) is 76.0 Å². The van der Waals surface area contributed by atoms with E-state index in [0.717, 1.165) is 21.6 Å². The first kappa shape index (κ1) is 34.9. The Morgan fingerprint density at radius 3 is 2.39 bits per heavy atom. The fourth-order valence-corrected chi connectivity index (χ4v) is 7.92. The number of halogens is 1. The molecule has 6 unspecified atom stereocenters. The molecule has 1 spiro atoms. The predicted molar refractivity (Wildman–Crippen MR) is 182 cm³/mol. The first-order valence-corrected chi connectivity index (χ1v) is 17.6. The van der Waals surface area contributed by atoms with Gasteiger partial charge in [-0.1, -0.05) is 61.9 Å². The van der Waals surface area contributed by atoms with Crippen molar-refractivity contribution in [3.05, 3.63) is 65.2 Å². The van der Waals surface area contributed by atoms with E-state index in [9.17, 15) is 24.0 Å². The minimum Gasteiger partial charge on any atom is -0.475 e. The summed E-state index contributed by atoms with van der Waals surface area (Å²) in [7, 11) is 0. The van der Waals surface area contributed by atoms with Crippen molar-refractivity contribution in [3.63, 3.8) is 0 Å². The summed E-state index contributed by atoms with van der Waals surface area (Å²) in [4.78, 5) is 71.8. The van der Waals surface area contributed by atoms with Gasteiger partial charge in [-0.2, -0.15) is 0 Å².